The van der Waals surface area contributed by atoms with Crippen molar-refractivity contribution in [3.05, 3.63) is 12.2 Å². The Kier molecular flexibility index (Phi) is 6.35. The second-order valence-corrected chi connectivity index (χ2v) is 7.97. The molecule has 1 saturated carbocycles. The van der Waals surface area contributed by atoms with Crippen molar-refractivity contribution in [1.82, 2.24) is 25.0 Å². The Bertz CT molecular complexity index is 581. The maximum Gasteiger partial charge on any atom is 0.230 e. The van der Waals surface area contributed by atoms with Gasteiger partial charge < -0.3 is 14.6 Å². The number of aromatic nitrogens is 3. The first kappa shape index (κ1) is 18.7. The van der Waals surface area contributed by atoms with E-state index in [1.54, 1.807) is 25.2 Å². The van der Waals surface area contributed by atoms with E-state index in [0.29, 0.717) is 17.6 Å². The summed E-state index contributed by atoms with van der Waals surface area (Å²) in [5.74, 6) is 2.92. The molecule has 25 heavy (non-hydrogen) atoms. The van der Waals surface area contributed by atoms with Gasteiger partial charge in [0.2, 0.25) is 5.91 Å². The summed E-state index contributed by atoms with van der Waals surface area (Å²) in [7, 11) is 1.76. The molecule has 3 rings (SSSR count). The number of amides is 1. The largest absolute Gasteiger partial charge is 0.379 e. The second-order valence-electron chi connectivity index (χ2n) is 7.10. The lowest BCUT2D eigenvalue weighted by Gasteiger charge is -2.37. The van der Waals surface area contributed by atoms with E-state index in [4.69, 9.17) is 4.74 Å². The number of nitrogens with zero attached hydrogens (tertiary/aromatic N) is 4. The van der Waals surface area contributed by atoms with Crippen LogP contribution in [0.15, 0.2) is 6.33 Å². The Morgan fingerprint density at radius 1 is 1.40 bits per heavy atom. The molecule has 1 saturated heterocycles. The summed E-state index contributed by atoms with van der Waals surface area (Å²) in [4.78, 5) is 14.5. The van der Waals surface area contributed by atoms with Crippen LogP contribution in [-0.2, 0) is 22.6 Å². The number of aryl methyl sites for hydroxylation is 1. The van der Waals surface area contributed by atoms with E-state index >= 15 is 0 Å². The number of nitrogens with one attached hydrogen (secondary N) is 1. The lowest BCUT2D eigenvalue weighted by Crippen LogP contribution is -2.50. The van der Waals surface area contributed by atoms with Gasteiger partial charge in [0, 0.05) is 26.7 Å². The molecule has 2 aliphatic rings. The number of methoxy groups -OCH3 is 1. The molecule has 1 aliphatic heterocycles. The van der Waals surface area contributed by atoms with Gasteiger partial charge in [-0.15, -0.1) is 10.2 Å². The van der Waals surface area contributed by atoms with Crippen LogP contribution in [0.5, 0.6) is 0 Å². The summed E-state index contributed by atoms with van der Waals surface area (Å²) < 4.78 is 7.80. The molecule has 2 fully saturated rings. The number of likely N-dealkylation sites (tertiary alicyclic amines) is 1. The molecule has 0 unspecified atom stereocenters. The third-order valence-corrected chi connectivity index (χ3v) is 6.07. The number of ether oxygens (including phenoxy) is 1. The quantitative estimate of drug-likeness (QED) is 0.775. The van der Waals surface area contributed by atoms with Crippen molar-refractivity contribution in [3.63, 3.8) is 0 Å². The average molecular weight is 368 g/mol. The highest BCUT2D eigenvalue weighted by Crippen LogP contribution is 2.37. The van der Waals surface area contributed by atoms with Crippen LogP contribution in [0.25, 0.3) is 0 Å². The van der Waals surface area contributed by atoms with Gasteiger partial charge >= 0.3 is 0 Å². The first-order valence-corrected chi connectivity index (χ1v) is 10.4. The van der Waals surface area contributed by atoms with Crippen molar-refractivity contribution in [2.45, 2.75) is 45.0 Å². The van der Waals surface area contributed by atoms with E-state index in [1.807, 2.05) is 6.26 Å². The van der Waals surface area contributed by atoms with Gasteiger partial charge in [-0.3, -0.25) is 9.69 Å². The molecular formula is C17H29N5O2S. The van der Waals surface area contributed by atoms with Crippen molar-refractivity contribution >= 4 is 17.7 Å². The molecule has 1 aliphatic carbocycles. The van der Waals surface area contributed by atoms with Crippen LogP contribution in [0.1, 0.15) is 25.6 Å². The number of carbonyl (C=O) groups is 1. The van der Waals surface area contributed by atoms with Gasteiger partial charge in [-0.25, -0.2) is 0 Å². The van der Waals surface area contributed by atoms with Gasteiger partial charge in [-0.05, 0) is 37.9 Å². The van der Waals surface area contributed by atoms with Crippen LogP contribution < -0.4 is 5.32 Å². The summed E-state index contributed by atoms with van der Waals surface area (Å²) >= 11 is 1.56. The minimum absolute atomic E-state index is 0.115. The highest BCUT2D eigenvalue weighted by atomic mass is 32.2. The zero-order valence-corrected chi connectivity index (χ0v) is 16.2. The number of hydrogen-bond donors (Lipinski definition) is 1. The van der Waals surface area contributed by atoms with E-state index in [-0.39, 0.29) is 18.1 Å². The standard InChI is InChI=1S/C17H29N5O2S/c1-4-22-11-18-20-16(22)9-21-7-12-5-14(19-17(23)10-25-3)15(24-2)6-13(12)8-21/h11-15H,4-10H2,1-3H3,(H,19,23)/t12-,13+,14-,15-/m0/s1. The highest BCUT2D eigenvalue weighted by molar-refractivity contribution is 7.99. The molecule has 0 radical (unpaired) electrons. The van der Waals surface area contributed by atoms with Gasteiger partial charge in [0.25, 0.3) is 0 Å². The maximum atomic E-state index is 12.0. The van der Waals surface area contributed by atoms with Crippen molar-refractivity contribution in [3.8, 4) is 0 Å². The minimum Gasteiger partial charge on any atom is -0.379 e. The monoisotopic (exact) mass is 367 g/mol. The Morgan fingerprint density at radius 3 is 2.84 bits per heavy atom. The fraction of sp³-hybridized carbons (Fsp3) is 0.824. The molecular weight excluding hydrogens is 338 g/mol. The summed E-state index contributed by atoms with van der Waals surface area (Å²) in [6.07, 6.45) is 5.89. The first-order valence-electron chi connectivity index (χ1n) is 9.04. The van der Waals surface area contributed by atoms with E-state index < -0.39 is 0 Å². The van der Waals surface area contributed by atoms with Crippen molar-refractivity contribution < 1.29 is 9.53 Å². The third-order valence-electron chi connectivity index (χ3n) is 5.52. The van der Waals surface area contributed by atoms with Crippen molar-refractivity contribution in [2.24, 2.45) is 11.8 Å². The van der Waals surface area contributed by atoms with E-state index in [1.165, 1.54) is 0 Å². The molecule has 8 heteroatoms. The minimum atomic E-state index is 0.115. The molecule has 4 atom stereocenters. The molecule has 1 amide bonds. The van der Waals surface area contributed by atoms with Crippen LogP contribution in [0.2, 0.25) is 0 Å². The van der Waals surface area contributed by atoms with Crippen molar-refractivity contribution in [2.75, 3.05) is 32.2 Å². The Labute approximate surface area is 153 Å². The predicted molar refractivity (Wildman–Crippen MR) is 98.3 cm³/mol. The topological polar surface area (TPSA) is 72.3 Å². The average Bonchev–Trinajstić information content (AvgIpc) is 3.20. The smallest absolute Gasteiger partial charge is 0.230 e. The van der Waals surface area contributed by atoms with Crippen LogP contribution in [0, 0.1) is 11.8 Å². The SMILES string of the molecule is CCn1cnnc1CN1C[C@H]2C[C@H](OC)[C@@H](NC(=O)CSC)C[C@H]2C1. The Hall–Kier alpha value is -1.12. The molecule has 0 bridgehead atoms. The number of fused-ring (bicyclic) bond motifs is 1. The van der Waals surface area contributed by atoms with E-state index in [0.717, 1.165) is 44.8 Å². The van der Waals surface area contributed by atoms with Crippen LogP contribution in [0.3, 0.4) is 0 Å². The molecule has 1 aromatic rings. The van der Waals surface area contributed by atoms with Crippen LogP contribution >= 0.6 is 11.8 Å². The van der Waals surface area contributed by atoms with Gasteiger partial charge in [-0.2, -0.15) is 11.8 Å². The molecule has 7 nitrogen and oxygen atoms in total. The highest BCUT2D eigenvalue weighted by Gasteiger charge is 2.42. The van der Waals surface area contributed by atoms with Crippen molar-refractivity contribution in [1.29, 1.82) is 0 Å². The maximum absolute atomic E-state index is 12.0. The summed E-state index contributed by atoms with van der Waals surface area (Å²) in [5.41, 5.74) is 0. The van der Waals surface area contributed by atoms with Gasteiger partial charge in [0.15, 0.2) is 0 Å². The molecule has 1 aromatic heterocycles. The number of hydrogen-bond acceptors (Lipinski definition) is 6. The zero-order valence-electron chi connectivity index (χ0n) is 15.4. The van der Waals surface area contributed by atoms with E-state index in [9.17, 15) is 4.79 Å². The summed E-state index contributed by atoms with van der Waals surface area (Å²) in [6.45, 7) is 6.00. The fourth-order valence-electron chi connectivity index (χ4n) is 4.30. The summed E-state index contributed by atoms with van der Waals surface area (Å²) in [5, 5.41) is 11.5. The predicted octanol–water partition coefficient (Wildman–Crippen LogP) is 1.00. The second kappa shape index (κ2) is 8.51. The Balaban J connectivity index is 1.60. The van der Waals surface area contributed by atoms with Gasteiger partial charge in [-0.1, -0.05) is 0 Å². The number of carbonyl (C=O) groups excluding carboxylic acids is 1. The molecule has 0 aromatic carbocycles. The lowest BCUT2D eigenvalue weighted by molar-refractivity contribution is -0.121. The number of rotatable bonds is 7. The molecule has 1 N–H and O–H groups in total. The lowest BCUT2D eigenvalue weighted by atomic mass is 9.77. The van der Waals surface area contributed by atoms with E-state index in [2.05, 4.69) is 31.9 Å². The molecule has 140 valence electrons. The first-order chi connectivity index (χ1) is 12.1. The zero-order chi connectivity index (χ0) is 17.8. The van der Waals surface area contributed by atoms with Crippen LogP contribution in [0.4, 0.5) is 0 Å². The fourth-order valence-corrected chi connectivity index (χ4v) is 4.64. The Morgan fingerprint density at radius 2 is 2.16 bits per heavy atom. The normalized spacial score (nSPS) is 29.6. The third kappa shape index (κ3) is 4.35. The van der Waals surface area contributed by atoms with Crippen LogP contribution in [-0.4, -0.2) is 69.9 Å². The molecule has 2 heterocycles. The molecule has 0 spiro atoms. The van der Waals surface area contributed by atoms with Gasteiger partial charge in [0.1, 0.15) is 12.2 Å². The number of thioether (sulfide) groups is 1. The van der Waals surface area contributed by atoms with Gasteiger partial charge in [0.05, 0.1) is 24.4 Å². The summed E-state index contributed by atoms with van der Waals surface area (Å²) in [6, 6.07) is 0.130.